The van der Waals surface area contributed by atoms with E-state index >= 15 is 0 Å². The van der Waals surface area contributed by atoms with Crippen LogP contribution in [0.5, 0.6) is 17.2 Å². The van der Waals surface area contributed by atoms with E-state index in [1.807, 2.05) is 42.5 Å². The van der Waals surface area contributed by atoms with Crippen LogP contribution in [0.2, 0.25) is 0 Å². The van der Waals surface area contributed by atoms with Crippen molar-refractivity contribution >= 4 is 40.7 Å². The molecule has 3 aromatic rings. The van der Waals surface area contributed by atoms with Crippen molar-refractivity contribution in [3.8, 4) is 17.2 Å². The number of aliphatic imine (C=N–C) groups is 1. The zero-order chi connectivity index (χ0) is 20.5. The number of benzene rings is 3. The lowest BCUT2D eigenvalue weighted by atomic mass is 10.1. The third-order valence-electron chi connectivity index (χ3n) is 4.55. The van der Waals surface area contributed by atoms with Gasteiger partial charge in [0.2, 0.25) is 0 Å². The standard InChI is InChI=1S/C23H27N3O3.HI/c1-27-21-11-10-17(16-22(21)28-2)12-13-25-23(24)26-14-15-29-20-9-5-7-18-6-3-4-8-19(18)20;/h3-11,16H,12-15H2,1-2H3,(H3,24,25,26);1H. The number of fused-ring (bicyclic) bond motifs is 1. The maximum absolute atomic E-state index is 5.95. The van der Waals surface area contributed by atoms with E-state index in [4.69, 9.17) is 19.9 Å². The minimum absolute atomic E-state index is 0. The molecule has 3 aromatic carbocycles. The van der Waals surface area contributed by atoms with Crippen molar-refractivity contribution in [3.63, 3.8) is 0 Å². The summed E-state index contributed by atoms with van der Waals surface area (Å²) in [5.74, 6) is 2.71. The number of methoxy groups -OCH3 is 2. The Bertz CT molecular complexity index is 974. The van der Waals surface area contributed by atoms with Crippen molar-refractivity contribution in [2.24, 2.45) is 10.7 Å². The van der Waals surface area contributed by atoms with E-state index in [1.54, 1.807) is 14.2 Å². The number of guanidine groups is 1. The van der Waals surface area contributed by atoms with Crippen LogP contribution in [0.4, 0.5) is 0 Å². The van der Waals surface area contributed by atoms with Crippen molar-refractivity contribution in [2.75, 3.05) is 33.9 Å². The average molecular weight is 521 g/mol. The third kappa shape index (κ3) is 6.41. The SMILES string of the molecule is COc1ccc(CCN=C(N)NCCOc2cccc3ccccc23)cc1OC.I. The first-order valence-corrected chi connectivity index (χ1v) is 9.56. The Morgan fingerprint density at radius 3 is 2.50 bits per heavy atom. The van der Waals surface area contributed by atoms with E-state index in [0.29, 0.717) is 37.2 Å². The number of hydrogen-bond acceptors (Lipinski definition) is 4. The molecule has 0 bridgehead atoms. The lowest BCUT2D eigenvalue weighted by Gasteiger charge is -2.11. The predicted molar refractivity (Wildman–Crippen MR) is 133 cm³/mol. The summed E-state index contributed by atoms with van der Waals surface area (Å²) in [4.78, 5) is 4.37. The van der Waals surface area contributed by atoms with E-state index in [-0.39, 0.29) is 24.0 Å². The molecule has 0 saturated carbocycles. The molecule has 0 aliphatic carbocycles. The van der Waals surface area contributed by atoms with Crippen molar-refractivity contribution in [1.82, 2.24) is 5.32 Å². The molecule has 0 unspecified atom stereocenters. The van der Waals surface area contributed by atoms with E-state index in [9.17, 15) is 0 Å². The number of nitrogens with one attached hydrogen (secondary N) is 1. The van der Waals surface area contributed by atoms with Gasteiger partial charge in [0.15, 0.2) is 17.5 Å². The van der Waals surface area contributed by atoms with Gasteiger partial charge in [0.25, 0.3) is 0 Å². The van der Waals surface area contributed by atoms with E-state index in [0.717, 1.165) is 28.5 Å². The monoisotopic (exact) mass is 521 g/mol. The molecule has 160 valence electrons. The van der Waals surface area contributed by atoms with E-state index in [1.165, 1.54) is 0 Å². The summed E-state index contributed by atoms with van der Waals surface area (Å²) in [6, 6.07) is 20.1. The second-order valence-electron chi connectivity index (χ2n) is 6.46. The summed E-state index contributed by atoms with van der Waals surface area (Å²) in [5.41, 5.74) is 7.06. The molecule has 0 aromatic heterocycles. The fourth-order valence-electron chi connectivity index (χ4n) is 3.06. The van der Waals surface area contributed by atoms with Gasteiger partial charge < -0.3 is 25.3 Å². The number of hydrogen-bond donors (Lipinski definition) is 2. The first-order chi connectivity index (χ1) is 14.2. The van der Waals surface area contributed by atoms with Crippen molar-refractivity contribution in [3.05, 3.63) is 66.2 Å². The van der Waals surface area contributed by atoms with Crippen LogP contribution in [0.3, 0.4) is 0 Å². The third-order valence-corrected chi connectivity index (χ3v) is 4.55. The van der Waals surface area contributed by atoms with Crippen LogP contribution in [0, 0.1) is 0 Å². The summed E-state index contributed by atoms with van der Waals surface area (Å²) >= 11 is 0. The minimum atomic E-state index is 0. The highest BCUT2D eigenvalue weighted by atomic mass is 127. The number of nitrogens with two attached hydrogens (primary N) is 1. The molecule has 0 spiro atoms. The molecule has 3 N–H and O–H groups in total. The molecule has 7 heteroatoms. The van der Waals surface area contributed by atoms with Crippen LogP contribution in [0.15, 0.2) is 65.7 Å². The van der Waals surface area contributed by atoms with Gasteiger partial charge in [-0.3, -0.25) is 4.99 Å². The molecule has 0 aliphatic heterocycles. The van der Waals surface area contributed by atoms with Crippen LogP contribution >= 0.6 is 24.0 Å². The number of nitrogens with zero attached hydrogens (tertiary/aromatic N) is 1. The first-order valence-electron chi connectivity index (χ1n) is 9.56. The predicted octanol–water partition coefficient (Wildman–Crippen LogP) is 4.00. The topological polar surface area (TPSA) is 78.1 Å². The van der Waals surface area contributed by atoms with E-state index < -0.39 is 0 Å². The Labute approximate surface area is 194 Å². The van der Waals surface area contributed by atoms with Gasteiger partial charge in [-0.2, -0.15) is 0 Å². The molecule has 0 radical (unpaired) electrons. The van der Waals surface area contributed by atoms with Crippen molar-refractivity contribution in [2.45, 2.75) is 6.42 Å². The summed E-state index contributed by atoms with van der Waals surface area (Å²) in [6.45, 7) is 1.66. The van der Waals surface area contributed by atoms with Crippen molar-refractivity contribution in [1.29, 1.82) is 0 Å². The first kappa shape index (κ1) is 23.6. The van der Waals surface area contributed by atoms with Crippen LogP contribution in [0.1, 0.15) is 5.56 Å². The highest BCUT2D eigenvalue weighted by molar-refractivity contribution is 14.0. The molecule has 3 rings (SSSR count). The lowest BCUT2D eigenvalue weighted by Crippen LogP contribution is -2.35. The van der Waals surface area contributed by atoms with Gasteiger partial charge in [-0.1, -0.05) is 42.5 Å². The Morgan fingerprint density at radius 2 is 1.70 bits per heavy atom. The molecule has 0 atom stereocenters. The molecule has 0 fully saturated rings. The highest BCUT2D eigenvalue weighted by Crippen LogP contribution is 2.27. The summed E-state index contributed by atoms with van der Waals surface area (Å²) in [6.07, 6.45) is 0.759. The van der Waals surface area contributed by atoms with Crippen molar-refractivity contribution < 1.29 is 14.2 Å². The minimum Gasteiger partial charge on any atom is -0.493 e. The maximum atomic E-state index is 5.95. The van der Waals surface area contributed by atoms with Gasteiger partial charge in [0.1, 0.15) is 12.4 Å². The second kappa shape index (κ2) is 12.1. The zero-order valence-electron chi connectivity index (χ0n) is 17.3. The number of ether oxygens (including phenoxy) is 3. The Kier molecular flexibility index (Phi) is 9.53. The molecule has 30 heavy (non-hydrogen) atoms. The molecule has 0 aliphatic rings. The summed E-state index contributed by atoms with van der Waals surface area (Å²) in [5, 5.41) is 5.35. The molecule has 0 heterocycles. The maximum Gasteiger partial charge on any atom is 0.188 e. The molecule has 0 amide bonds. The van der Waals surface area contributed by atoms with Crippen LogP contribution in [0.25, 0.3) is 10.8 Å². The number of rotatable bonds is 9. The van der Waals surface area contributed by atoms with E-state index in [2.05, 4.69) is 28.5 Å². The van der Waals surface area contributed by atoms with Gasteiger partial charge in [-0.05, 0) is 35.6 Å². The van der Waals surface area contributed by atoms with Gasteiger partial charge in [0, 0.05) is 11.9 Å². The van der Waals surface area contributed by atoms with Gasteiger partial charge in [0.05, 0.1) is 20.8 Å². The Balaban J connectivity index is 0.00000320. The highest BCUT2D eigenvalue weighted by Gasteiger charge is 2.04. The average Bonchev–Trinajstić information content (AvgIpc) is 2.76. The summed E-state index contributed by atoms with van der Waals surface area (Å²) in [7, 11) is 3.25. The van der Waals surface area contributed by atoms with Gasteiger partial charge in [-0.15, -0.1) is 24.0 Å². The Morgan fingerprint density at radius 1 is 0.933 bits per heavy atom. The zero-order valence-corrected chi connectivity index (χ0v) is 19.6. The fourth-order valence-corrected chi connectivity index (χ4v) is 3.06. The van der Waals surface area contributed by atoms with Crippen LogP contribution in [-0.2, 0) is 6.42 Å². The number of halogens is 1. The lowest BCUT2D eigenvalue weighted by molar-refractivity contribution is 0.326. The van der Waals surface area contributed by atoms with Gasteiger partial charge >= 0.3 is 0 Å². The largest absolute Gasteiger partial charge is 0.493 e. The molecule has 6 nitrogen and oxygen atoms in total. The van der Waals surface area contributed by atoms with Gasteiger partial charge in [-0.25, -0.2) is 0 Å². The normalized spacial score (nSPS) is 10.9. The Hall–Kier alpha value is -2.68. The quantitative estimate of drug-likeness (QED) is 0.193. The summed E-state index contributed by atoms with van der Waals surface area (Å²) < 4.78 is 16.5. The molecule has 0 saturated heterocycles. The molecular weight excluding hydrogens is 493 g/mol. The van der Waals surface area contributed by atoms with Crippen LogP contribution < -0.4 is 25.3 Å². The van der Waals surface area contributed by atoms with Crippen LogP contribution in [-0.4, -0.2) is 39.9 Å². The molecular formula is C23H28IN3O3. The smallest absolute Gasteiger partial charge is 0.188 e. The second-order valence-corrected chi connectivity index (χ2v) is 6.46. The fraction of sp³-hybridized carbons (Fsp3) is 0.261.